The fourth-order valence-corrected chi connectivity index (χ4v) is 3.00. The van der Waals surface area contributed by atoms with Crippen molar-refractivity contribution >= 4 is 17.5 Å². The van der Waals surface area contributed by atoms with Crippen molar-refractivity contribution in [1.82, 2.24) is 14.7 Å². The van der Waals surface area contributed by atoms with Gasteiger partial charge in [-0.2, -0.15) is 0 Å². The average Bonchev–Trinajstić information content (AvgIpc) is 2.53. The number of carbonyl (C=O) groups is 1. The number of benzene rings is 1. The molecule has 0 N–H and O–H groups in total. The van der Waals surface area contributed by atoms with E-state index in [0.717, 1.165) is 50.8 Å². The summed E-state index contributed by atoms with van der Waals surface area (Å²) in [5, 5.41) is 0.783. The summed E-state index contributed by atoms with van der Waals surface area (Å²) in [6.45, 7) is 11.0. The van der Waals surface area contributed by atoms with Crippen molar-refractivity contribution in [3.63, 3.8) is 0 Å². The molecule has 1 fully saturated rings. The van der Waals surface area contributed by atoms with E-state index in [4.69, 9.17) is 11.6 Å². The number of halogens is 1. The third-order valence-corrected chi connectivity index (χ3v) is 4.51. The molecule has 1 amide bonds. The molecule has 1 aliphatic rings. The number of hydrogen-bond donors (Lipinski definition) is 0. The Labute approximate surface area is 138 Å². The molecule has 4 nitrogen and oxygen atoms in total. The first-order chi connectivity index (χ1) is 10.6. The summed E-state index contributed by atoms with van der Waals surface area (Å²) in [6.07, 6.45) is 0. The van der Waals surface area contributed by atoms with E-state index in [0.29, 0.717) is 6.54 Å². The van der Waals surface area contributed by atoms with E-state index in [1.807, 2.05) is 23.1 Å². The first kappa shape index (κ1) is 17.3. The minimum Gasteiger partial charge on any atom is -0.339 e. The molecular formula is C17H26ClN3O. The molecule has 0 atom stereocenters. The molecule has 0 aromatic heterocycles. The van der Waals surface area contributed by atoms with Gasteiger partial charge in [-0.15, -0.1) is 0 Å². The second kappa shape index (κ2) is 8.51. The molecule has 0 radical (unpaired) electrons. The van der Waals surface area contributed by atoms with Crippen LogP contribution in [0.5, 0.6) is 0 Å². The van der Waals surface area contributed by atoms with Gasteiger partial charge in [0.1, 0.15) is 0 Å². The summed E-state index contributed by atoms with van der Waals surface area (Å²) in [5.41, 5.74) is 1.23. The molecule has 0 unspecified atom stereocenters. The van der Waals surface area contributed by atoms with Crippen molar-refractivity contribution in [3.8, 4) is 0 Å². The molecule has 0 aliphatic carbocycles. The highest BCUT2D eigenvalue weighted by molar-refractivity contribution is 6.30. The van der Waals surface area contributed by atoms with Gasteiger partial charge in [-0.25, -0.2) is 0 Å². The topological polar surface area (TPSA) is 26.8 Å². The number of piperazine rings is 1. The van der Waals surface area contributed by atoms with Gasteiger partial charge in [0.15, 0.2) is 0 Å². The van der Waals surface area contributed by atoms with E-state index in [1.165, 1.54) is 5.56 Å². The highest BCUT2D eigenvalue weighted by Crippen LogP contribution is 2.14. The van der Waals surface area contributed by atoms with Gasteiger partial charge in [0.2, 0.25) is 5.91 Å². The van der Waals surface area contributed by atoms with Gasteiger partial charge < -0.3 is 4.90 Å². The molecule has 5 heteroatoms. The SMILES string of the molecule is CCN(CC)CC(=O)N1CCN(Cc2cccc(Cl)c2)CC1. The van der Waals surface area contributed by atoms with Crippen LogP contribution in [-0.4, -0.2) is 66.4 Å². The van der Waals surface area contributed by atoms with Crippen LogP contribution < -0.4 is 0 Å². The Bertz CT molecular complexity index is 483. The average molecular weight is 324 g/mol. The lowest BCUT2D eigenvalue weighted by molar-refractivity contribution is -0.134. The van der Waals surface area contributed by atoms with E-state index < -0.39 is 0 Å². The van der Waals surface area contributed by atoms with E-state index in [1.54, 1.807) is 0 Å². The zero-order valence-electron chi connectivity index (χ0n) is 13.6. The lowest BCUT2D eigenvalue weighted by atomic mass is 10.2. The molecule has 1 heterocycles. The van der Waals surface area contributed by atoms with E-state index >= 15 is 0 Å². The molecule has 0 saturated carbocycles. The van der Waals surface area contributed by atoms with Crippen LogP contribution in [0.4, 0.5) is 0 Å². The van der Waals surface area contributed by atoms with Crippen LogP contribution >= 0.6 is 11.6 Å². The van der Waals surface area contributed by atoms with Gasteiger partial charge in [-0.3, -0.25) is 14.6 Å². The molecule has 22 heavy (non-hydrogen) atoms. The van der Waals surface area contributed by atoms with Crippen molar-refractivity contribution < 1.29 is 4.79 Å². The minimum absolute atomic E-state index is 0.256. The maximum atomic E-state index is 12.3. The fraction of sp³-hybridized carbons (Fsp3) is 0.588. The van der Waals surface area contributed by atoms with Crippen molar-refractivity contribution in [2.75, 3.05) is 45.8 Å². The molecule has 2 rings (SSSR count). The van der Waals surface area contributed by atoms with Crippen molar-refractivity contribution in [2.24, 2.45) is 0 Å². The second-order valence-electron chi connectivity index (χ2n) is 5.75. The van der Waals surface area contributed by atoms with Crippen LogP contribution in [0.15, 0.2) is 24.3 Å². The third kappa shape index (κ3) is 4.97. The van der Waals surface area contributed by atoms with Crippen LogP contribution in [-0.2, 0) is 11.3 Å². The first-order valence-corrected chi connectivity index (χ1v) is 8.47. The van der Waals surface area contributed by atoms with Gasteiger partial charge in [0.25, 0.3) is 0 Å². The predicted octanol–water partition coefficient (Wildman–Crippen LogP) is 2.33. The Balaban J connectivity index is 1.79. The van der Waals surface area contributed by atoms with Gasteiger partial charge in [-0.05, 0) is 30.8 Å². The van der Waals surface area contributed by atoms with Crippen molar-refractivity contribution in [1.29, 1.82) is 0 Å². The highest BCUT2D eigenvalue weighted by Gasteiger charge is 2.22. The highest BCUT2D eigenvalue weighted by atomic mass is 35.5. The molecule has 1 saturated heterocycles. The maximum Gasteiger partial charge on any atom is 0.236 e. The van der Waals surface area contributed by atoms with Crippen LogP contribution in [0.25, 0.3) is 0 Å². The number of carbonyl (C=O) groups excluding carboxylic acids is 1. The summed E-state index contributed by atoms with van der Waals surface area (Å²) in [6, 6.07) is 8.00. The second-order valence-corrected chi connectivity index (χ2v) is 6.18. The fourth-order valence-electron chi connectivity index (χ4n) is 2.79. The molecule has 0 bridgehead atoms. The normalized spacial score (nSPS) is 16.3. The van der Waals surface area contributed by atoms with Gasteiger partial charge in [-0.1, -0.05) is 37.6 Å². The Kier molecular flexibility index (Phi) is 6.68. The van der Waals surface area contributed by atoms with E-state index in [-0.39, 0.29) is 5.91 Å². The molecule has 1 aliphatic heterocycles. The van der Waals surface area contributed by atoms with Crippen LogP contribution in [0, 0.1) is 0 Å². The molecule has 1 aromatic rings. The minimum atomic E-state index is 0.256. The van der Waals surface area contributed by atoms with Crippen molar-refractivity contribution in [2.45, 2.75) is 20.4 Å². The number of nitrogens with zero attached hydrogens (tertiary/aromatic N) is 3. The maximum absolute atomic E-state index is 12.3. The Morgan fingerprint density at radius 1 is 1.18 bits per heavy atom. The summed E-state index contributed by atoms with van der Waals surface area (Å²) in [5.74, 6) is 0.256. The number of likely N-dealkylation sites (N-methyl/N-ethyl adjacent to an activating group) is 1. The van der Waals surface area contributed by atoms with Gasteiger partial charge in [0.05, 0.1) is 6.54 Å². The van der Waals surface area contributed by atoms with Crippen molar-refractivity contribution in [3.05, 3.63) is 34.9 Å². The first-order valence-electron chi connectivity index (χ1n) is 8.09. The summed E-state index contributed by atoms with van der Waals surface area (Å²) >= 11 is 6.03. The third-order valence-electron chi connectivity index (χ3n) is 4.27. The Morgan fingerprint density at radius 3 is 2.45 bits per heavy atom. The van der Waals surface area contributed by atoms with E-state index in [2.05, 4.69) is 29.7 Å². The number of amides is 1. The van der Waals surface area contributed by atoms with Crippen LogP contribution in [0.2, 0.25) is 5.02 Å². The summed E-state index contributed by atoms with van der Waals surface area (Å²) < 4.78 is 0. The molecule has 0 spiro atoms. The smallest absolute Gasteiger partial charge is 0.236 e. The summed E-state index contributed by atoms with van der Waals surface area (Å²) in [7, 11) is 0. The standard InChI is InChI=1S/C17H26ClN3O/c1-3-19(4-2)14-17(22)21-10-8-20(9-11-21)13-15-6-5-7-16(18)12-15/h5-7,12H,3-4,8-11,13-14H2,1-2H3. The van der Waals surface area contributed by atoms with E-state index in [9.17, 15) is 4.79 Å². The lowest BCUT2D eigenvalue weighted by Gasteiger charge is -2.35. The van der Waals surface area contributed by atoms with Crippen LogP contribution in [0.3, 0.4) is 0 Å². The zero-order chi connectivity index (χ0) is 15.9. The molecule has 122 valence electrons. The molecular weight excluding hydrogens is 298 g/mol. The monoisotopic (exact) mass is 323 g/mol. The largest absolute Gasteiger partial charge is 0.339 e. The quantitative estimate of drug-likeness (QED) is 0.804. The van der Waals surface area contributed by atoms with Gasteiger partial charge in [0, 0.05) is 37.7 Å². The van der Waals surface area contributed by atoms with Crippen LogP contribution in [0.1, 0.15) is 19.4 Å². The lowest BCUT2D eigenvalue weighted by Crippen LogP contribution is -2.50. The predicted molar refractivity (Wildman–Crippen MR) is 91.1 cm³/mol. The zero-order valence-corrected chi connectivity index (χ0v) is 14.4. The molecule has 1 aromatic carbocycles. The Morgan fingerprint density at radius 2 is 1.86 bits per heavy atom. The number of rotatable bonds is 6. The summed E-state index contributed by atoms with van der Waals surface area (Å²) in [4.78, 5) is 18.8. The number of hydrogen-bond acceptors (Lipinski definition) is 3. The Hall–Kier alpha value is -1.10. The van der Waals surface area contributed by atoms with Gasteiger partial charge >= 0.3 is 0 Å².